The highest BCUT2D eigenvalue weighted by Gasteiger charge is 2.30. The summed E-state index contributed by atoms with van der Waals surface area (Å²) in [7, 11) is -6.51. The zero-order chi connectivity index (χ0) is 19.8. The Bertz CT molecular complexity index is 935. The predicted octanol–water partition coefficient (Wildman–Crippen LogP) is 1.15. The topological polar surface area (TPSA) is 104 Å². The van der Waals surface area contributed by atoms with Crippen molar-refractivity contribution in [2.24, 2.45) is 5.92 Å². The van der Waals surface area contributed by atoms with Crippen molar-refractivity contribution in [2.45, 2.75) is 26.2 Å². The van der Waals surface area contributed by atoms with Gasteiger partial charge in [0.25, 0.3) is 0 Å². The molecule has 1 aromatic carbocycles. The maximum Gasteiger partial charge on any atom is 0.235 e. The van der Waals surface area contributed by atoms with Gasteiger partial charge in [0.15, 0.2) is 0 Å². The Morgan fingerprint density at radius 3 is 2.41 bits per heavy atom. The van der Waals surface area contributed by atoms with Crippen LogP contribution >= 0.6 is 0 Å². The summed E-state index contributed by atoms with van der Waals surface area (Å²) in [6.45, 7) is 2.97. The highest BCUT2D eigenvalue weighted by Crippen LogP contribution is 2.29. The van der Waals surface area contributed by atoms with E-state index in [2.05, 4.69) is 5.32 Å². The van der Waals surface area contributed by atoms with Crippen LogP contribution in [0.4, 0.5) is 11.4 Å². The molecular formula is C17H25N3O5S2. The largest absolute Gasteiger partial charge is 0.326 e. The Morgan fingerprint density at radius 2 is 1.85 bits per heavy atom. The van der Waals surface area contributed by atoms with Gasteiger partial charge in [-0.3, -0.25) is 9.10 Å². The average Bonchev–Trinajstić information content (AvgIpc) is 2.95. The van der Waals surface area contributed by atoms with E-state index >= 15 is 0 Å². The maximum absolute atomic E-state index is 12.6. The van der Waals surface area contributed by atoms with Gasteiger partial charge in [-0.2, -0.15) is 0 Å². The number of carbonyl (C=O) groups is 1. The van der Waals surface area contributed by atoms with Gasteiger partial charge in [0.2, 0.25) is 26.0 Å². The fraction of sp³-hybridized carbons (Fsp3) is 0.588. The third kappa shape index (κ3) is 4.44. The lowest BCUT2D eigenvalue weighted by Crippen LogP contribution is -2.40. The van der Waals surface area contributed by atoms with E-state index in [0.717, 1.165) is 5.56 Å². The molecule has 1 aromatic rings. The molecular weight excluding hydrogens is 390 g/mol. The third-order valence-corrected chi connectivity index (χ3v) is 8.33. The van der Waals surface area contributed by atoms with Crippen LogP contribution in [0.25, 0.3) is 0 Å². The average molecular weight is 416 g/mol. The van der Waals surface area contributed by atoms with Gasteiger partial charge in [-0.25, -0.2) is 21.1 Å². The van der Waals surface area contributed by atoms with Crippen LogP contribution in [-0.2, 0) is 24.8 Å². The highest BCUT2D eigenvalue weighted by molar-refractivity contribution is 7.93. The van der Waals surface area contributed by atoms with E-state index in [1.54, 1.807) is 18.2 Å². The Labute approximate surface area is 160 Å². The summed E-state index contributed by atoms with van der Waals surface area (Å²) in [4.78, 5) is 12.6. The number of nitrogens with one attached hydrogen (secondary N) is 1. The van der Waals surface area contributed by atoms with Gasteiger partial charge in [-0.15, -0.1) is 0 Å². The number of carbonyl (C=O) groups excluding carboxylic acids is 1. The summed E-state index contributed by atoms with van der Waals surface area (Å²) in [5, 5.41) is 2.90. The van der Waals surface area contributed by atoms with Gasteiger partial charge in [0.05, 0.1) is 17.7 Å². The summed E-state index contributed by atoms with van der Waals surface area (Å²) in [5.74, 6) is -0.282. The zero-order valence-electron chi connectivity index (χ0n) is 15.5. The van der Waals surface area contributed by atoms with Crippen LogP contribution in [0.1, 0.15) is 24.8 Å². The Balaban J connectivity index is 1.71. The van der Waals surface area contributed by atoms with Crippen LogP contribution in [0.15, 0.2) is 18.2 Å². The quantitative estimate of drug-likeness (QED) is 0.794. The molecule has 1 amide bonds. The first-order chi connectivity index (χ1) is 12.6. The lowest BCUT2D eigenvalue weighted by atomic mass is 9.97. The highest BCUT2D eigenvalue weighted by atomic mass is 32.2. The van der Waals surface area contributed by atoms with Crippen LogP contribution in [0.2, 0.25) is 0 Å². The van der Waals surface area contributed by atoms with Crippen LogP contribution in [0.3, 0.4) is 0 Å². The Hall–Kier alpha value is -1.65. The fourth-order valence-corrected chi connectivity index (χ4v) is 5.94. The number of nitrogens with zero attached hydrogens (tertiary/aromatic N) is 2. The molecule has 10 heteroatoms. The number of aryl methyl sites for hydroxylation is 1. The van der Waals surface area contributed by atoms with Gasteiger partial charge in [0, 0.05) is 31.2 Å². The number of piperidine rings is 1. The van der Waals surface area contributed by atoms with E-state index in [9.17, 15) is 21.6 Å². The number of hydrogen-bond donors (Lipinski definition) is 1. The molecule has 0 bridgehead atoms. The molecule has 0 spiro atoms. The van der Waals surface area contributed by atoms with E-state index in [1.807, 2.05) is 6.92 Å². The van der Waals surface area contributed by atoms with Crippen molar-refractivity contribution in [3.8, 4) is 0 Å². The molecule has 2 aliphatic rings. The van der Waals surface area contributed by atoms with Gasteiger partial charge in [-0.05, 0) is 43.9 Å². The summed E-state index contributed by atoms with van der Waals surface area (Å²) < 4.78 is 50.2. The van der Waals surface area contributed by atoms with Crippen molar-refractivity contribution in [2.75, 3.05) is 41.3 Å². The van der Waals surface area contributed by atoms with Gasteiger partial charge in [-0.1, -0.05) is 6.07 Å². The summed E-state index contributed by atoms with van der Waals surface area (Å²) >= 11 is 0. The minimum atomic E-state index is -3.28. The van der Waals surface area contributed by atoms with Crippen molar-refractivity contribution in [1.29, 1.82) is 0 Å². The first-order valence-electron chi connectivity index (χ1n) is 8.95. The number of amides is 1. The Kier molecular flexibility index (Phi) is 5.51. The van der Waals surface area contributed by atoms with E-state index in [0.29, 0.717) is 50.3 Å². The second kappa shape index (κ2) is 7.40. The Morgan fingerprint density at radius 1 is 1.19 bits per heavy atom. The van der Waals surface area contributed by atoms with Crippen LogP contribution in [0.5, 0.6) is 0 Å². The van der Waals surface area contributed by atoms with E-state index in [4.69, 9.17) is 0 Å². The lowest BCUT2D eigenvalue weighted by molar-refractivity contribution is -0.120. The molecule has 2 saturated heterocycles. The normalized spacial score (nSPS) is 21.3. The number of benzene rings is 1. The molecule has 2 aliphatic heterocycles. The molecule has 0 radical (unpaired) electrons. The summed E-state index contributed by atoms with van der Waals surface area (Å²) in [5.41, 5.74) is 1.99. The molecule has 0 atom stereocenters. The SMILES string of the molecule is Cc1ccc(N2CCCS2(=O)=O)cc1NC(=O)C1CCN(S(C)(=O)=O)CC1. The van der Waals surface area contributed by atoms with E-state index in [-0.39, 0.29) is 17.6 Å². The number of anilines is 2. The maximum atomic E-state index is 12.6. The molecule has 0 saturated carbocycles. The second-order valence-electron chi connectivity index (χ2n) is 7.17. The first-order valence-corrected chi connectivity index (χ1v) is 12.4. The summed E-state index contributed by atoms with van der Waals surface area (Å²) in [6.07, 6.45) is 2.71. The molecule has 150 valence electrons. The van der Waals surface area contributed by atoms with E-state index in [1.165, 1.54) is 14.9 Å². The van der Waals surface area contributed by atoms with Crippen molar-refractivity contribution in [1.82, 2.24) is 4.31 Å². The van der Waals surface area contributed by atoms with Crippen LogP contribution < -0.4 is 9.62 Å². The van der Waals surface area contributed by atoms with Crippen LogP contribution in [-0.4, -0.2) is 58.7 Å². The third-order valence-electron chi connectivity index (χ3n) is 5.16. The monoisotopic (exact) mass is 415 g/mol. The summed E-state index contributed by atoms with van der Waals surface area (Å²) in [6, 6.07) is 5.24. The van der Waals surface area contributed by atoms with E-state index < -0.39 is 20.0 Å². The molecule has 2 fully saturated rings. The number of rotatable bonds is 4. The molecule has 3 rings (SSSR count). The van der Waals surface area contributed by atoms with Crippen molar-refractivity contribution in [3.63, 3.8) is 0 Å². The zero-order valence-corrected chi connectivity index (χ0v) is 17.1. The van der Waals surface area contributed by atoms with Gasteiger partial charge >= 0.3 is 0 Å². The molecule has 0 aromatic heterocycles. The standard InChI is InChI=1S/C17H25N3O5S2/c1-13-4-5-15(20-8-3-11-27(20,24)25)12-16(13)18-17(21)14-6-9-19(10-7-14)26(2,22)23/h4-5,12,14H,3,6-11H2,1-2H3,(H,18,21). The minimum Gasteiger partial charge on any atom is -0.326 e. The van der Waals surface area contributed by atoms with Gasteiger partial charge < -0.3 is 5.32 Å². The van der Waals surface area contributed by atoms with Crippen molar-refractivity contribution >= 4 is 37.3 Å². The number of sulfonamides is 2. The smallest absolute Gasteiger partial charge is 0.235 e. The second-order valence-corrected chi connectivity index (χ2v) is 11.2. The molecule has 8 nitrogen and oxygen atoms in total. The number of hydrogen-bond acceptors (Lipinski definition) is 5. The molecule has 0 aliphatic carbocycles. The predicted molar refractivity (Wildman–Crippen MR) is 105 cm³/mol. The van der Waals surface area contributed by atoms with Crippen molar-refractivity contribution in [3.05, 3.63) is 23.8 Å². The van der Waals surface area contributed by atoms with Crippen LogP contribution in [0, 0.1) is 12.8 Å². The van der Waals surface area contributed by atoms with Crippen molar-refractivity contribution < 1.29 is 21.6 Å². The molecule has 0 unspecified atom stereocenters. The first kappa shape index (κ1) is 20.1. The molecule has 27 heavy (non-hydrogen) atoms. The minimum absolute atomic E-state index is 0.140. The van der Waals surface area contributed by atoms with Gasteiger partial charge in [0.1, 0.15) is 0 Å². The molecule has 2 heterocycles. The lowest BCUT2D eigenvalue weighted by Gasteiger charge is -2.29. The fourth-order valence-electron chi connectivity index (χ4n) is 3.51. The molecule has 1 N–H and O–H groups in total.